The zero-order valence-corrected chi connectivity index (χ0v) is 16.5. The highest BCUT2D eigenvalue weighted by molar-refractivity contribution is 7.88. The first-order valence-corrected chi connectivity index (χ1v) is 10.6. The Labute approximate surface area is 151 Å². The van der Waals surface area contributed by atoms with Crippen LogP contribution in [-0.2, 0) is 17.1 Å². The molecule has 0 bridgehead atoms. The van der Waals surface area contributed by atoms with Crippen LogP contribution in [0.4, 0.5) is 0 Å². The van der Waals surface area contributed by atoms with Crippen LogP contribution in [0.15, 0.2) is 17.4 Å². The van der Waals surface area contributed by atoms with Gasteiger partial charge in [0.1, 0.15) is 0 Å². The molecule has 1 aromatic heterocycles. The molecule has 0 spiro atoms. The first-order valence-electron chi connectivity index (χ1n) is 8.74. The Kier molecular flexibility index (Phi) is 6.83. The SMILES string of the molecule is CCN(CCCNC(=NC)N1CCC(c2cnn(C)c2)C1)S(C)(=O)=O. The van der Waals surface area contributed by atoms with Gasteiger partial charge in [0.25, 0.3) is 0 Å². The van der Waals surface area contributed by atoms with Gasteiger partial charge in [0.2, 0.25) is 10.0 Å². The predicted octanol–water partition coefficient (Wildman–Crippen LogP) is 0.456. The summed E-state index contributed by atoms with van der Waals surface area (Å²) in [6.07, 6.45) is 7.11. The molecule has 142 valence electrons. The fraction of sp³-hybridized carbons (Fsp3) is 0.750. The highest BCUT2D eigenvalue weighted by Gasteiger charge is 2.26. The Balaban J connectivity index is 1.79. The van der Waals surface area contributed by atoms with E-state index in [1.165, 1.54) is 16.1 Å². The zero-order chi connectivity index (χ0) is 18.4. The molecule has 8 nitrogen and oxygen atoms in total. The van der Waals surface area contributed by atoms with Crippen molar-refractivity contribution in [2.75, 3.05) is 46.0 Å². The summed E-state index contributed by atoms with van der Waals surface area (Å²) in [6, 6.07) is 0. The van der Waals surface area contributed by atoms with Crippen molar-refractivity contribution in [3.05, 3.63) is 18.0 Å². The maximum atomic E-state index is 11.6. The van der Waals surface area contributed by atoms with Crippen molar-refractivity contribution in [3.63, 3.8) is 0 Å². The average molecular weight is 371 g/mol. The molecule has 1 fully saturated rings. The molecule has 1 aromatic rings. The molecule has 1 aliphatic heterocycles. The van der Waals surface area contributed by atoms with Crippen molar-refractivity contribution in [1.82, 2.24) is 24.3 Å². The summed E-state index contributed by atoms with van der Waals surface area (Å²) in [7, 11) is 0.608. The number of aliphatic imine (C=N–C) groups is 1. The molecule has 25 heavy (non-hydrogen) atoms. The number of rotatable bonds is 7. The highest BCUT2D eigenvalue weighted by atomic mass is 32.2. The number of likely N-dealkylation sites (tertiary alicyclic amines) is 1. The standard InChI is InChI=1S/C16H30N6O2S/c1-5-22(25(4,23)24)9-6-8-18-16(17-2)21-10-7-14(13-21)15-11-19-20(3)12-15/h11-12,14H,5-10,13H2,1-4H3,(H,17,18). The summed E-state index contributed by atoms with van der Waals surface area (Å²) in [4.78, 5) is 6.62. The second kappa shape index (κ2) is 8.66. The third kappa shape index (κ3) is 5.43. The fourth-order valence-electron chi connectivity index (χ4n) is 3.22. The third-order valence-electron chi connectivity index (χ3n) is 4.58. The van der Waals surface area contributed by atoms with E-state index in [1.54, 1.807) is 7.05 Å². The van der Waals surface area contributed by atoms with Crippen LogP contribution in [0.25, 0.3) is 0 Å². The van der Waals surface area contributed by atoms with E-state index in [-0.39, 0.29) is 0 Å². The summed E-state index contributed by atoms with van der Waals surface area (Å²) in [5, 5.41) is 7.61. The topological polar surface area (TPSA) is 82.8 Å². The highest BCUT2D eigenvalue weighted by Crippen LogP contribution is 2.26. The number of sulfonamides is 1. The molecule has 2 rings (SSSR count). The summed E-state index contributed by atoms with van der Waals surface area (Å²) < 4.78 is 26.5. The van der Waals surface area contributed by atoms with E-state index in [2.05, 4.69) is 26.5 Å². The van der Waals surface area contributed by atoms with Gasteiger partial charge < -0.3 is 10.2 Å². The molecular weight excluding hydrogens is 340 g/mol. The molecule has 0 saturated carbocycles. The Bertz CT molecular complexity index is 685. The van der Waals surface area contributed by atoms with Crippen molar-refractivity contribution in [2.24, 2.45) is 12.0 Å². The van der Waals surface area contributed by atoms with Gasteiger partial charge in [-0.15, -0.1) is 0 Å². The maximum Gasteiger partial charge on any atom is 0.211 e. The van der Waals surface area contributed by atoms with Crippen LogP contribution in [0.2, 0.25) is 0 Å². The first kappa shape index (κ1) is 19.7. The largest absolute Gasteiger partial charge is 0.356 e. The van der Waals surface area contributed by atoms with Crippen LogP contribution in [0.1, 0.15) is 31.2 Å². The van der Waals surface area contributed by atoms with Crippen molar-refractivity contribution >= 4 is 16.0 Å². The monoisotopic (exact) mass is 370 g/mol. The van der Waals surface area contributed by atoms with Crippen LogP contribution in [0, 0.1) is 0 Å². The lowest BCUT2D eigenvalue weighted by Gasteiger charge is -2.22. The maximum absolute atomic E-state index is 11.6. The Morgan fingerprint density at radius 3 is 2.84 bits per heavy atom. The second-order valence-corrected chi connectivity index (χ2v) is 8.44. The lowest BCUT2D eigenvalue weighted by molar-refractivity contribution is 0.420. The van der Waals surface area contributed by atoms with Crippen LogP contribution >= 0.6 is 0 Å². The summed E-state index contributed by atoms with van der Waals surface area (Å²) >= 11 is 0. The van der Waals surface area contributed by atoms with E-state index < -0.39 is 10.0 Å². The smallest absolute Gasteiger partial charge is 0.211 e. The molecule has 1 unspecified atom stereocenters. The molecule has 1 N–H and O–H groups in total. The Morgan fingerprint density at radius 2 is 2.28 bits per heavy atom. The van der Waals surface area contributed by atoms with E-state index >= 15 is 0 Å². The number of guanidine groups is 1. The normalized spacial score (nSPS) is 19.0. The molecule has 1 aliphatic rings. The van der Waals surface area contributed by atoms with Gasteiger partial charge >= 0.3 is 0 Å². The van der Waals surface area contributed by atoms with Gasteiger partial charge in [-0.05, 0) is 18.4 Å². The zero-order valence-electron chi connectivity index (χ0n) is 15.6. The van der Waals surface area contributed by atoms with E-state index in [1.807, 2.05) is 24.9 Å². The van der Waals surface area contributed by atoms with E-state index in [0.717, 1.165) is 31.9 Å². The molecular formula is C16H30N6O2S. The predicted molar refractivity (Wildman–Crippen MR) is 100 cm³/mol. The van der Waals surface area contributed by atoms with Crippen LogP contribution in [0.5, 0.6) is 0 Å². The quantitative estimate of drug-likeness (QED) is 0.428. The van der Waals surface area contributed by atoms with Gasteiger partial charge in [0.15, 0.2) is 5.96 Å². The number of hydrogen-bond donors (Lipinski definition) is 1. The molecule has 0 amide bonds. The van der Waals surface area contributed by atoms with Gasteiger partial charge in [-0.3, -0.25) is 9.67 Å². The summed E-state index contributed by atoms with van der Waals surface area (Å²) in [5.74, 6) is 1.36. The molecule has 0 aliphatic carbocycles. The van der Waals surface area contributed by atoms with Gasteiger partial charge in [0, 0.05) is 58.9 Å². The van der Waals surface area contributed by atoms with Crippen LogP contribution < -0.4 is 5.32 Å². The minimum Gasteiger partial charge on any atom is -0.356 e. The van der Waals surface area contributed by atoms with Gasteiger partial charge in [-0.25, -0.2) is 12.7 Å². The minimum atomic E-state index is -3.12. The van der Waals surface area contributed by atoms with Crippen LogP contribution in [0.3, 0.4) is 0 Å². The van der Waals surface area contributed by atoms with Gasteiger partial charge in [-0.2, -0.15) is 5.10 Å². The number of aromatic nitrogens is 2. The molecule has 1 saturated heterocycles. The van der Waals surface area contributed by atoms with E-state index in [0.29, 0.717) is 25.6 Å². The summed E-state index contributed by atoms with van der Waals surface area (Å²) in [5.41, 5.74) is 1.27. The van der Waals surface area contributed by atoms with Crippen molar-refractivity contribution in [1.29, 1.82) is 0 Å². The van der Waals surface area contributed by atoms with Crippen molar-refractivity contribution < 1.29 is 8.42 Å². The lowest BCUT2D eigenvalue weighted by Crippen LogP contribution is -2.41. The fourth-order valence-corrected chi connectivity index (χ4v) is 4.15. The second-order valence-electron chi connectivity index (χ2n) is 6.46. The van der Waals surface area contributed by atoms with Gasteiger partial charge in [0.05, 0.1) is 12.5 Å². The number of nitrogens with one attached hydrogen (secondary N) is 1. The van der Waals surface area contributed by atoms with Crippen molar-refractivity contribution in [3.8, 4) is 0 Å². The third-order valence-corrected chi connectivity index (χ3v) is 5.96. The van der Waals surface area contributed by atoms with E-state index in [4.69, 9.17) is 0 Å². The number of nitrogens with zero attached hydrogens (tertiary/aromatic N) is 5. The number of hydrogen-bond acceptors (Lipinski definition) is 4. The molecule has 1 atom stereocenters. The number of aryl methyl sites for hydroxylation is 1. The molecule has 0 radical (unpaired) electrons. The Hall–Kier alpha value is -1.61. The van der Waals surface area contributed by atoms with E-state index in [9.17, 15) is 8.42 Å². The van der Waals surface area contributed by atoms with Gasteiger partial charge in [-0.1, -0.05) is 6.92 Å². The summed E-state index contributed by atoms with van der Waals surface area (Å²) in [6.45, 7) is 5.48. The Morgan fingerprint density at radius 1 is 1.52 bits per heavy atom. The van der Waals surface area contributed by atoms with Crippen molar-refractivity contribution in [2.45, 2.75) is 25.7 Å². The lowest BCUT2D eigenvalue weighted by atomic mass is 10.0. The molecule has 0 aromatic carbocycles. The molecule has 9 heteroatoms. The molecule has 2 heterocycles. The minimum absolute atomic E-state index is 0.480. The first-order chi connectivity index (χ1) is 11.8. The van der Waals surface area contributed by atoms with Crippen LogP contribution in [-0.4, -0.2) is 79.4 Å². The average Bonchev–Trinajstić information content (AvgIpc) is 3.18.